The zero-order valence-corrected chi connectivity index (χ0v) is 21.6. The van der Waals surface area contributed by atoms with Crippen LogP contribution in [0.3, 0.4) is 0 Å². The second-order valence-corrected chi connectivity index (χ2v) is 7.38. The minimum atomic E-state index is 0.755. The van der Waals surface area contributed by atoms with Gasteiger partial charge in [0, 0.05) is 24.7 Å². The normalized spacial score (nSPS) is 12.3. The quantitative estimate of drug-likeness (QED) is 0.187. The molecule has 0 radical (unpaired) electrons. The van der Waals surface area contributed by atoms with Crippen LogP contribution in [0.15, 0.2) is 52.7 Å². The first-order valence-corrected chi connectivity index (χ1v) is 11.6. The molecule has 0 aliphatic carbocycles. The van der Waals surface area contributed by atoms with Gasteiger partial charge < -0.3 is 10.7 Å². The first-order valence-electron chi connectivity index (χ1n) is 11.6. The van der Waals surface area contributed by atoms with E-state index in [-0.39, 0.29) is 0 Å². The molecule has 0 unspecified atom stereocenters. The van der Waals surface area contributed by atoms with E-state index in [0.29, 0.717) is 0 Å². The molecule has 2 N–H and O–H groups in total. The predicted molar refractivity (Wildman–Crippen MR) is 141 cm³/mol. The molecule has 0 amide bonds. The van der Waals surface area contributed by atoms with E-state index in [1.807, 2.05) is 59.2 Å². The van der Waals surface area contributed by atoms with E-state index < -0.39 is 0 Å². The van der Waals surface area contributed by atoms with Gasteiger partial charge in [0.25, 0.3) is 0 Å². The van der Waals surface area contributed by atoms with E-state index in [4.69, 9.17) is 5.41 Å². The van der Waals surface area contributed by atoms with Crippen LogP contribution in [0.4, 0.5) is 0 Å². The van der Waals surface area contributed by atoms with Crippen LogP contribution in [-0.2, 0) is 0 Å². The van der Waals surface area contributed by atoms with Crippen molar-refractivity contribution in [3.8, 4) is 0 Å². The lowest BCUT2D eigenvalue weighted by molar-refractivity contribution is 0.427. The minimum absolute atomic E-state index is 0.755. The van der Waals surface area contributed by atoms with Crippen molar-refractivity contribution >= 4 is 11.9 Å². The van der Waals surface area contributed by atoms with Gasteiger partial charge in [-0.1, -0.05) is 84.6 Å². The Bertz CT molecular complexity index is 526. The van der Waals surface area contributed by atoms with E-state index in [9.17, 15) is 0 Å². The second-order valence-electron chi connectivity index (χ2n) is 7.38. The molecule has 0 heterocycles. The van der Waals surface area contributed by atoms with Gasteiger partial charge in [0.2, 0.25) is 0 Å². The molecule has 0 fully saturated rings. The Morgan fingerprint density at radius 3 is 1.87 bits per heavy atom. The Morgan fingerprint density at radius 1 is 1.03 bits per heavy atom. The largest absolute Gasteiger partial charge is 0.316 e. The molecule has 0 aromatic heterocycles. The summed E-state index contributed by atoms with van der Waals surface area (Å²) in [6, 6.07) is 0. The Balaban J connectivity index is -0.000000466. The zero-order chi connectivity index (χ0) is 23.8. The minimum Gasteiger partial charge on any atom is -0.316 e. The fraction of sp³-hybridized carbons (Fsp3) is 0.630. The monoisotopic (exact) mass is 417 g/mol. The SMILES string of the molecule is C/C=C\C.C=C(C)C(C)=N/C=C(CC)/C(C=N)=C/CNC.CCCC(CC)CCC. The highest BCUT2D eigenvalue weighted by Crippen LogP contribution is 2.16. The predicted octanol–water partition coefficient (Wildman–Crippen LogP) is 8.31. The number of rotatable bonds is 12. The zero-order valence-electron chi connectivity index (χ0n) is 21.6. The van der Waals surface area contributed by atoms with Crippen LogP contribution in [0.25, 0.3) is 0 Å². The summed E-state index contributed by atoms with van der Waals surface area (Å²) in [6.07, 6.45) is 17.0. The van der Waals surface area contributed by atoms with Crippen LogP contribution in [-0.4, -0.2) is 25.5 Å². The first kappa shape index (κ1) is 32.9. The summed E-state index contributed by atoms with van der Waals surface area (Å²) in [5, 5.41) is 10.5. The lowest BCUT2D eigenvalue weighted by Crippen LogP contribution is -2.06. The van der Waals surface area contributed by atoms with Crippen molar-refractivity contribution in [2.24, 2.45) is 10.9 Å². The summed E-state index contributed by atoms with van der Waals surface area (Å²) in [5.41, 5.74) is 3.87. The number of nitrogens with one attached hydrogen (secondary N) is 2. The van der Waals surface area contributed by atoms with Crippen LogP contribution in [0, 0.1) is 11.3 Å². The van der Waals surface area contributed by atoms with Gasteiger partial charge in [-0.3, -0.25) is 4.99 Å². The molecular weight excluding hydrogens is 366 g/mol. The van der Waals surface area contributed by atoms with Crippen LogP contribution in [0.1, 0.15) is 93.9 Å². The molecule has 174 valence electrons. The molecule has 3 nitrogen and oxygen atoms in total. The second kappa shape index (κ2) is 25.3. The van der Waals surface area contributed by atoms with E-state index in [0.717, 1.165) is 41.3 Å². The van der Waals surface area contributed by atoms with E-state index in [1.165, 1.54) is 38.3 Å². The Labute approximate surface area is 189 Å². The van der Waals surface area contributed by atoms with Gasteiger partial charge in [-0.25, -0.2) is 0 Å². The Morgan fingerprint density at radius 2 is 1.57 bits per heavy atom. The average molecular weight is 418 g/mol. The van der Waals surface area contributed by atoms with Gasteiger partial charge >= 0.3 is 0 Å². The van der Waals surface area contributed by atoms with Crippen LogP contribution < -0.4 is 5.32 Å². The number of allylic oxidation sites excluding steroid dienone is 5. The third kappa shape index (κ3) is 21.0. The molecule has 0 spiro atoms. The molecule has 0 saturated heterocycles. The Kier molecular flexibility index (Phi) is 27.8. The molecule has 0 aliphatic heterocycles. The van der Waals surface area contributed by atoms with Crippen molar-refractivity contribution in [3.05, 3.63) is 47.7 Å². The van der Waals surface area contributed by atoms with Crippen molar-refractivity contribution in [2.45, 2.75) is 93.9 Å². The number of nitrogens with zero attached hydrogens (tertiary/aromatic N) is 1. The Hall–Kier alpha value is -1.74. The fourth-order valence-electron chi connectivity index (χ4n) is 2.52. The van der Waals surface area contributed by atoms with Gasteiger partial charge in [-0.2, -0.15) is 0 Å². The molecular formula is C27H51N3. The number of hydrogen-bond donors (Lipinski definition) is 2. The summed E-state index contributed by atoms with van der Waals surface area (Å²) < 4.78 is 0. The van der Waals surface area contributed by atoms with Crippen LogP contribution in [0.2, 0.25) is 0 Å². The molecule has 0 atom stereocenters. The van der Waals surface area contributed by atoms with Gasteiger partial charge in [0.05, 0.1) is 0 Å². The van der Waals surface area contributed by atoms with Crippen molar-refractivity contribution in [1.82, 2.24) is 5.32 Å². The van der Waals surface area contributed by atoms with Crippen LogP contribution in [0.5, 0.6) is 0 Å². The van der Waals surface area contributed by atoms with E-state index >= 15 is 0 Å². The highest BCUT2D eigenvalue weighted by atomic mass is 14.8. The molecule has 0 aromatic carbocycles. The number of likely N-dealkylation sites (N-methyl/N-ethyl adjacent to an activating group) is 1. The third-order valence-corrected chi connectivity index (χ3v) is 4.77. The summed E-state index contributed by atoms with van der Waals surface area (Å²) in [6.45, 7) is 21.4. The fourth-order valence-corrected chi connectivity index (χ4v) is 2.52. The lowest BCUT2D eigenvalue weighted by Gasteiger charge is -2.10. The highest BCUT2D eigenvalue weighted by molar-refractivity contribution is 5.97. The first-order chi connectivity index (χ1) is 14.3. The van der Waals surface area contributed by atoms with Gasteiger partial charge in [-0.05, 0) is 63.8 Å². The summed E-state index contributed by atoms with van der Waals surface area (Å²) in [7, 11) is 1.89. The average Bonchev–Trinajstić information content (AvgIpc) is 2.76. The molecule has 0 saturated carbocycles. The maximum absolute atomic E-state index is 7.41. The van der Waals surface area contributed by atoms with E-state index in [2.05, 4.69) is 44.6 Å². The van der Waals surface area contributed by atoms with Crippen molar-refractivity contribution in [2.75, 3.05) is 13.6 Å². The standard InChI is InChI=1S/C14H23N3.C9H20.C4H8/c1-6-13(10-17-12(4)11(2)3)14(9-15)7-8-16-5;1-4-7-9(6-3)8-5-2;1-3-4-2/h7,9-10,15-16H,2,6,8H2,1,3-5H3;9H,4-8H2,1-3H3;3-4H,1-2H3/b13-10+,14-7+,15-9?,17-12?;;4-3-. The summed E-state index contributed by atoms with van der Waals surface area (Å²) in [5.74, 6) is 1.01. The molecule has 0 aromatic rings. The lowest BCUT2D eigenvalue weighted by atomic mass is 9.96. The molecule has 0 bridgehead atoms. The maximum Gasteiger partial charge on any atom is 0.0395 e. The molecule has 3 heteroatoms. The summed E-state index contributed by atoms with van der Waals surface area (Å²) >= 11 is 0. The maximum atomic E-state index is 7.41. The van der Waals surface area contributed by atoms with Gasteiger partial charge in [0.1, 0.15) is 0 Å². The van der Waals surface area contributed by atoms with Crippen molar-refractivity contribution in [1.29, 1.82) is 5.41 Å². The van der Waals surface area contributed by atoms with Gasteiger partial charge in [0.15, 0.2) is 0 Å². The third-order valence-electron chi connectivity index (χ3n) is 4.77. The van der Waals surface area contributed by atoms with Crippen LogP contribution >= 0.6 is 0 Å². The molecule has 30 heavy (non-hydrogen) atoms. The van der Waals surface area contributed by atoms with Crippen molar-refractivity contribution in [3.63, 3.8) is 0 Å². The topological polar surface area (TPSA) is 48.2 Å². The van der Waals surface area contributed by atoms with Gasteiger partial charge in [-0.15, -0.1) is 0 Å². The molecule has 0 aliphatic rings. The smallest absolute Gasteiger partial charge is 0.0395 e. The molecule has 0 rings (SSSR count). The highest BCUT2D eigenvalue weighted by Gasteiger charge is 2.01. The summed E-state index contributed by atoms with van der Waals surface area (Å²) in [4.78, 5) is 4.36. The van der Waals surface area contributed by atoms with E-state index in [1.54, 1.807) is 0 Å². The van der Waals surface area contributed by atoms with Crippen molar-refractivity contribution < 1.29 is 0 Å². The number of aliphatic imine (C=N–C) groups is 1. The number of hydrogen-bond acceptors (Lipinski definition) is 3.